The molecule has 0 unspecified atom stereocenters. The van der Waals surface area contributed by atoms with Gasteiger partial charge >= 0.3 is 5.97 Å². The molecule has 0 aliphatic carbocycles. The molecule has 0 aliphatic heterocycles. The summed E-state index contributed by atoms with van der Waals surface area (Å²) in [4.78, 5) is 29.8. The monoisotopic (exact) mass is 305 g/mol. The number of imidazole rings is 1. The molecule has 6 nitrogen and oxygen atoms in total. The van der Waals surface area contributed by atoms with Gasteiger partial charge in [-0.25, -0.2) is 9.78 Å². The first kappa shape index (κ1) is 15.0. The SMILES string of the molecule is CN(Cc1nccn1C)C(=O)c1ccc(C=CC(=O)O)s1. The van der Waals surface area contributed by atoms with Gasteiger partial charge in [0.25, 0.3) is 5.91 Å². The Morgan fingerprint density at radius 2 is 2.24 bits per heavy atom. The van der Waals surface area contributed by atoms with E-state index in [-0.39, 0.29) is 5.91 Å². The van der Waals surface area contributed by atoms with E-state index in [1.165, 1.54) is 17.4 Å². The lowest BCUT2D eigenvalue weighted by Gasteiger charge is -2.15. The van der Waals surface area contributed by atoms with Gasteiger partial charge in [0.05, 0.1) is 11.4 Å². The molecular formula is C14H15N3O3S. The number of carboxylic acid groups (broad SMARTS) is 1. The molecule has 0 bridgehead atoms. The number of hydrogen-bond acceptors (Lipinski definition) is 4. The van der Waals surface area contributed by atoms with Crippen LogP contribution in [-0.2, 0) is 18.4 Å². The van der Waals surface area contributed by atoms with Crippen molar-refractivity contribution in [1.29, 1.82) is 0 Å². The highest BCUT2D eigenvalue weighted by Gasteiger charge is 2.15. The molecule has 0 saturated heterocycles. The second-order valence-corrected chi connectivity index (χ2v) is 5.60. The van der Waals surface area contributed by atoms with Crippen LogP contribution in [0.2, 0.25) is 0 Å². The lowest BCUT2D eigenvalue weighted by Crippen LogP contribution is -2.26. The van der Waals surface area contributed by atoms with E-state index in [1.807, 2.05) is 17.8 Å². The Balaban J connectivity index is 2.06. The average molecular weight is 305 g/mol. The van der Waals surface area contributed by atoms with Gasteiger partial charge in [-0.3, -0.25) is 4.79 Å². The van der Waals surface area contributed by atoms with Crippen LogP contribution in [0.1, 0.15) is 20.4 Å². The third-order valence-corrected chi connectivity index (χ3v) is 3.91. The Morgan fingerprint density at radius 3 is 2.86 bits per heavy atom. The molecule has 2 aromatic rings. The molecule has 0 aliphatic rings. The second-order valence-electron chi connectivity index (χ2n) is 4.49. The van der Waals surface area contributed by atoms with E-state index in [2.05, 4.69) is 4.98 Å². The summed E-state index contributed by atoms with van der Waals surface area (Å²) in [5.41, 5.74) is 0. The maximum atomic E-state index is 12.3. The minimum absolute atomic E-state index is 0.113. The fraction of sp³-hybridized carbons (Fsp3) is 0.214. The molecule has 0 fully saturated rings. The number of rotatable bonds is 5. The molecule has 110 valence electrons. The van der Waals surface area contributed by atoms with Crippen LogP contribution < -0.4 is 0 Å². The van der Waals surface area contributed by atoms with E-state index in [9.17, 15) is 9.59 Å². The number of amides is 1. The second kappa shape index (κ2) is 6.36. The predicted octanol–water partition coefficient (Wildman–Crippen LogP) is 1.85. The van der Waals surface area contributed by atoms with Crippen molar-refractivity contribution in [3.05, 3.63) is 46.2 Å². The largest absolute Gasteiger partial charge is 0.478 e. The molecule has 0 spiro atoms. The zero-order valence-corrected chi connectivity index (χ0v) is 12.5. The number of thiophene rings is 1. The quantitative estimate of drug-likeness (QED) is 0.855. The van der Waals surface area contributed by atoms with Crippen molar-refractivity contribution in [3.63, 3.8) is 0 Å². The van der Waals surface area contributed by atoms with E-state index in [4.69, 9.17) is 5.11 Å². The Labute approximate surface area is 126 Å². The van der Waals surface area contributed by atoms with Gasteiger partial charge in [-0.15, -0.1) is 11.3 Å². The van der Waals surface area contributed by atoms with Crippen LogP contribution in [0.4, 0.5) is 0 Å². The van der Waals surface area contributed by atoms with Crippen LogP contribution in [-0.4, -0.2) is 38.5 Å². The van der Waals surface area contributed by atoms with Crippen molar-refractivity contribution in [3.8, 4) is 0 Å². The van der Waals surface area contributed by atoms with E-state index in [1.54, 1.807) is 30.3 Å². The molecule has 1 amide bonds. The third kappa shape index (κ3) is 3.79. The molecule has 0 aromatic carbocycles. The summed E-state index contributed by atoms with van der Waals surface area (Å²) in [7, 11) is 3.59. The zero-order valence-electron chi connectivity index (χ0n) is 11.7. The van der Waals surface area contributed by atoms with Gasteiger partial charge in [-0.05, 0) is 18.2 Å². The van der Waals surface area contributed by atoms with Gasteiger partial charge < -0.3 is 14.6 Å². The number of nitrogens with zero attached hydrogens (tertiary/aromatic N) is 3. The van der Waals surface area contributed by atoms with Gasteiger partial charge in [0.1, 0.15) is 5.82 Å². The summed E-state index contributed by atoms with van der Waals surface area (Å²) in [6.07, 6.45) is 6.04. The highest BCUT2D eigenvalue weighted by Crippen LogP contribution is 2.20. The number of hydrogen-bond donors (Lipinski definition) is 1. The van der Waals surface area contributed by atoms with Crippen LogP contribution in [0.25, 0.3) is 6.08 Å². The van der Waals surface area contributed by atoms with Crippen molar-refractivity contribution in [2.24, 2.45) is 7.05 Å². The summed E-state index contributed by atoms with van der Waals surface area (Å²) in [6, 6.07) is 3.43. The molecule has 0 saturated carbocycles. The minimum Gasteiger partial charge on any atom is -0.478 e. The van der Waals surface area contributed by atoms with Gasteiger partial charge in [0.15, 0.2) is 0 Å². The highest BCUT2D eigenvalue weighted by molar-refractivity contribution is 7.14. The smallest absolute Gasteiger partial charge is 0.328 e. The van der Waals surface area contributed by atoms with Crippen molar-refractivity contribution in [1.82, 2.24) is 14.5 Å². The number of carbonyl (C=O) groups is 2. The lowest BCUT2D eigenvalue weighted by atomic mass is 10.3. The summed E-state index contributed by atoms with van der Waals surface area (Å²) >= 11 is 1.26. The van der Waals surface area contributed by atoms with Gasteiger partial charge in [-0.2, -0.15) is 0 Å². The van der Waals surface area contributed by atoms with Crippen molar-refractivity contribution in [2.45, 2.75) is 6.54 Å². The molecule has 2 aromatic heterocycles. The Hall–Kier alpha value is -2.41. The number of aryl methyl sites for hydroxylation is 1. The average Bonchev–Trinajstić information content (AvgIpc) is 3.05. The number of aliphatic carboxylic acids is 1. The van der Waals surface area contributed by atoms with Gasteiger partial charge in [0, 0.05) is 37.4 Å². The summed E-state index contributed by atoms with van der Waals surface area (Å²) in [5.74, 6) is -0.324. The topological polar surface area (TPSA) is 75.4 Å². The molecule has 1 N–H and O–H groups in total. The van der Waals surface area contributed by atoms with Crippen LogP contribution >= 0.6 is 11.3 Å². The Morgan fingerprint density at radius 1 is 1.48 bits per heavy atom. The summed E-state index contributed by atoms with van der Waals surface area (Å²) in [5, 5.41) is 8.58. The first-order chi connectivity index (χ1) is 9.97. The summed E-state index contributed by atoms with van der Waals surface area (Å²) < 4.78 is 1.86. The molecule has 21 heavy (non-hydrogen) atoms. The fourth-order valence-corrected chi connectivity index (χ4v) is 2.64. The molecule has 2 heterocycles. The van der Waals surface area contributed by atoms with E-state index in [0.29, 0.717) is 11.4 Å². The van der Waals surface area contributed by atoms with E-state index >= 15 is 0 Å². The van der Waals surface area contributed by atoms with Crippen LogP contribution in [0.3, 0.4) is 0 Å². The lowest BCUT2D eigenvalue weighted by molar-refractivity contribution is -0.131. The number of carbonyl (C=O) groups excluding carboxylic acids is 1. The number of carboxylic acids is 1. The van der Waals surface area contributed by atoms with Crippen molar-refractivity contribution in [2.75, 3.05) is 7.05 Å². The van der Waals surface area contributed by atoms with Gasteiger partial charge in [-0.1, -0.05) is 0 Å². The Bertz CT molecular complexity index is 687. The summed E-state index contributed by atoms with van der Waals surface area (Å²) in [6.45, 7) is 0.417. The predicted molar refractivity (Wildman–Crippen MR) is 80.0 cm³/mol. The highest BCUT2D eigenvalue weighted by atomic mass is 32.1. The van der Waals surface area contributed by atoms with Crippen LogP contribution in [0, 0.1) is 0 Å². The normalized spacial score (nSPS) is 11.0. The maximum Gasteiger partial charge on any atom is 0.328 e. The minimum atomic E-state index is -1.01. The third-order valence-electron chi connectivity index (χ3n) is 2.87. The van der Waals surface area contributed by atoms with Crippen LogP contribution in [0.5, 0.6) is 0 Å². The molecular weight excluding hydrogens is 290 g/mol. The zero-order chi connectivity index (χ0) is 15.4. The molecule has 0 atom stereocenters. The van der Waals surface area contributed by atoms with Gasteiger partial charge in [0.2, 0.25) is 0 Å². The first-order valence-corrected chi connectivity index (χ1v) is 7.01. The molecule has 7 heteroatoms. The fourth-order valence-electron chi connectivity index (χ4n) is 1.73. The maximum absolute atomic E-state index is 12.3. The van der Waals surface area contributed by atoms with Crippen molar-refractivity contribution >= 4 is 29.3 Å². The standard InChI is InChI=1S/C14H15N3O3S/c1-16-8-7-15-12(16)9-17(2)14(20)11-5-3-10(21-11)4-6-13(18)19/h3-8H,9H2,1-2H3,(H,18,19). The molecule has 0 radical (unpaired) electrons. The molecule has 2 rings (SSSR count). The Kier molecular flexibility index (Phi) is 4.54. The van der Waals surface area contributed by atoms with E-state index < -0.39 is 5.97 Å². The van der Waals surface area contributed by atoms with E-state index in [0.717, 1.165) is 16.8 Å². The first-order valence-electron chi connectivity index (χ1n) is 6.20. The number of aromatic nitrogens is 2. The van der Waals surface area contributed by atoms with Crippen molar-refractivity contribution < 1.29 is 14.7 Å². The van der Waals surface area contributed by atoms with Crippen LogP contribution in [0.15, 0.2) is 30.6 Å².